The van der Waals surface area contributed by atoms with E-state index < -0.39 is 22.2 Å². The molecule has 0 heterocycles. The smallest absolute Gasteiger partial charge is 0.341 e. The number of methoxy groups -OCH3 is 2. The van der Waals surface area contributed by atoms with Crippen molar-refractivity contribution in [3.8, 4) is 5.75 Å². The van der Waals surface area contributed by atoms with E-state index in [1.54, 1.807) is 19.1 Å². The molecule has 1 unspecified atom stereocenters. The molecule has 0 N–H and O–H groups in total. The lowest BCUT2D eigenvalue weighted by Crippen LogP contribution is -2.09. The number of carbonyl (C=O) groups excluding carboxylic acids is 1. The van der Waals surface area contributed by atoms with Gasteiger partial charge in [0.15, 0.2) is 0 Å². The predicted octanol–water partition coefficient (Wildman–Crippen LogP) is 1.52. The number of carbonyl (C=O) groups is 1. The molecule has 1 atom stereocenters. The van der Waals surface area contributed by atoms with E-state index in [9.17, 15) is 13.2 Å². The van der Waals surface area contributed by atoms with Crippen molar-refractivity contribution in [3.63, 3.8) is 0 Å². The molecule has 0 amide bonds. The molecule has 19 heavy (non-hydrogen) atoms. The number of rotatable bonds is 5. The SMILES string of the molecule is COC(=O)c1ccc(C(C)OS(C)(=O)=O)cc1OC. The fraction of sp³-hybridized carbons (Fsp3) is 0.417. The number of benzene rings is 1. The van der Waals surface area contributed by atoms with Crippen LogP contribution in [0.1, 0.15) is 28.9 Å². The molecule has 106 valence electrons. The van der Waals surface area contributed by atoms with Crippen molar-refractivity contribution in [2.75, 3.05) is 20.5 Å². The Morgan fingerprint density at radius 2 is 1.89 bits per heavy atom. The van der Waals surface area contributed by atoms with Crippen LogP contribution in [-0.4, -0.2) is 34.9 Å². The average molecular weight is 288 g/mol. The Balaban J connectivity index is 3.09. The highest BCUT2D eigenvalue weighted by molar-refractivity contribution is 7.86. The Labute approximate surface area is 112 Å². The van der Waals surface area contributed by atoms with E-state index in [-0.39, 0.29) is 5.56 Å². The molecule has 0 aliphatic heterocycles. The Morgan fingerprint density at radius 1 is 1.26 bits per heavy atom. The Kier molecular flexibility index (Phi) is 4.90. The molecular formula is C12H16O6S. The van der Waals surface area contributed by atoms with Crippen LogP contribution >= 0.6 is 0 Å². The van der Waals surface area contributed by atoms with Gasteiger partial charge in [-0.3, -0.25) is 4.18 Å². The van der Waals surface area contributed by atoms with Crippen molar-refractivity contribution in [1.29, 1.82) is 0 Å². The monoisotopic (exact) mass is 288 g/mol. The molecule has 0 saturated heterocycles. The van der Waals surface area contributed by atoms with Crippen LogP contribution in [0.2, 0.25) is 0 Å². The minimum absolute atomic E-state index is 0.264. The second-order valence-corrected chi connectivity index (χ2v) is 5.49. The van der Waals surface area contributed by atoms with E-state index in [1.807, 2.05) is 0 Å². The van der Waals surface area contributed by atoms with Gasteiger partial charge in [0.1, 0.15) is 11.3 Å². The average Bonchev–Trinajstić information content (AvgIpc) is 2.35. The zero-order valence-corrected chi connectivity index (χ0v) is 12.0. The van der Waals surface area contributed by atoms with Gasteiger partial charge in [-0.2, -0.15) is 8.42 Å². The highest BCUT2D eigenvalue weighted by Gasteiger charge is 2.17. The standard InChI is InChI=1S/C12H16O6S/c1-8(18-19(4,14)15)9-5-6-10(12(13)17-3)11(7-9)16-2/h5-8H,1-4H3. The van der Waals surface area contributed by atoms with Gasteiger partial charge < -0.3 is 9.47 Å². The van der Waals surface area contributed by atoms with Crippen molar-refractivity contribution >= 4 is 16.1 Å². The lowest BCUT2D eigenvalue weighted by atomic mass is 10.1. The highest BCUT2D eigenvalue weighted by atomic mass is 32.2. The van der Waals surface area contributed by atoms with Crippen LogP contribution in [0.15, 0.2) is 18.2 Å². The summed E-state index contributed by atoms with van der Waals surface area (Å²) < 4.78 is 36.7. The second-order valence-electron chi connectivity index (χ2n) is 3.89. The summed E-state index contributed by atoms with van der Waals surface area (Å²) in [6.45, 7) is 1.59. The minimum atomic E-state index is -3.55. The van der Waals surface area contributed by atoms with Gasteiger partial charge >= 0.3 is 5.97 Å². The van der Waals surface area contributed by atoms with Crippen molar-refractivity contribution in [2.24, 2.45) is 0 Å². The fourth-order valence-electron chi connectivity index (χ4n) is 1.56. The molecule has 7 heteroatoms. The maximum atomic E-state index is 11.5. The first-order valence-electron chi connectivity index (χ1n) is 5.43. The highest BCUT2D eigenvalue weighted by Crippen LogP contribution is 2.26. The molecule has 0 spiro atoms. The fourth-order valence-corrected chi connectivity index (χ4v) is 2.19. The molecule has 6 nitrogen and oxygen atoms in total. The van der Waals surface area contributed by atoms with Gasteiger partial charge in [-0.1, -0.05) is 6.07 Å². The van der Waals surface area contributed by atoms with Crippen molar-refractivity contribution in [2.45, 2.75) is 13.0 Å². The van der Waals surface area contributed by atoms with Gasteiger partial charge in [-0.15, -0.1) is 0 Å². The van der Waals surface area contributed by atoms with Gasteiger partial charge in [-0.25, -0.2) is 4.79 Å². The molecule has 0 radical (unpaired) electrons. The predicted molar refractivity (Wildman–Crippen MR) is 68.7 cm³/mol. The lowest BCUT2D eigenvalue weighted by molar-refractivity contribution is 0.0597. The Hall–Kier alpha value is -1.60. The third-order valence-electron chi connectivity index (χ3n) is 2.42. The Bertz CT molecular complexity index is 564. The number of esters is 1. The molecule has 0 bridgehead atoms. The zero-order valence-electron chi connectivity index (χ0n) is 11.2. The molecule has 0 saturated carbocycles. The van der Waals surface area contributed by atoms with Gasteiger partial charge in [0, 0.05) is 0 Å². The molecule has 1 aromatic rings. The normalized spacial score (nSPS) is 12.8. The number of hydrogen-bond acceptors (Lipinski definition) is 6. The molecule has 0 aliphatic rings. The molecule has 1 aromatic carbocycles. The zero-order chi connectivity index (χ0) is 14.6. The van der Waals surface area contributed by atoms with Gasteiger partial charge in [0.25, 0.3) is 10.1 Å². The maximum Gasteiger partial charge on any atom is 0.341 e. The topological polar surface area (TPSA) is 78.9 Å². The molecule has 0 fully saturated rings. The molecule has 0 aromatic heterocycles. The summed E-state index contributed by atoms with van der Waals surface area (Å²) in [6.07, 6.45) is 0.305. The van der Waals surface area contributed by atoms with Gasteiger partial charge in [0.2, 0.25) is 0 Å². The maximum absolute atomic E-state index is 11.5. The summed E-state index contributed by atoms with van der Waals surface area (Å²) in [4.78, 5) is 11.5. The first-order chi connectivity index (χ1) is 8.78. The van der Waals surface area contributed by atoms with E-state index in [1.165, 1.54) is 20.3 Å². The summed E-state index contributed by atoms with van der Waals surface area (Å²) in [5, 5.41) is 0. The Morgan fingerprint density at radius 3 is 2.37 bits per heavy atom. The van der Waals surface area contributed by atoms with E-state index in [0.717, 1.165) is 6.26 Å². The van der Waals surface area contributed by atoms with Crippen LogP contribution in [0, 0.1) is 0 Å². The first kappa shape index (κ1) is 15.5. The molecular weight excluding hydrogens is 272 g/mol. The first-order valence-corrected chi connectivity index (χ1v) is 7.24. The van der Waals surface area contributed by atoms with Gasteiger partial charge in [0.05, 0.1) is 26.6 Å². The second kappa shape index (κ2) is 6.03. The van der Waals surface area contributed by atoms with Crippen LogP contribution in [0.25, 0.3) is 0 Å². The summed E-state index contributed by atoms with van der Waals surface area (Å²) in [5.74, 6) is -0.228. The van der Waals surface area contributed by atoms with E-state index in [0.29, 0.717) is 11.3 Å². The van der Waals surface area contributed by atoms with E-state index in [2.05, 4.69) is 4.74 Å². The van der Waals surface area contributed by atoms with Crippen molar-refractivity contribution in [1.82, 2.24) is 0 Å². The van der Waals surface area contributed by atoms with Crippen LogP contribution in [0.4, 0.5) is 0 Å². The largest absolute Gasteiger partial charge is 0.496 e. The molecule has 1 rings (SSSR count). The van der Waals surface area contributed by atoms with Crippen molar-refractivity contribution in [3.05, 3.63) is 29.3 Å². The number of hydrogen-bond donors (Lipinski definition) is 0. The molecule has 0 aliphatic carbocycles. The van der Waals surface area contributed by atoms with E-state index >= 15 is 0 Å². The van der Waals surface area contributed by atoms with Crippen LogP contribution in [0.5, 0.6) is 5.75 Å². The summed E-state index contributed by atoms with van der Waals surface area (Å²) in [7, 11) is -0.875. The third-order valence-corrected chi connectivity index (χ3v) is 3.06. The van der Waals surface area contributed by atoms with Gasteiger partial charge in [-0.05, 0) is 24.6 Å². The van der Waals surface area contributed by atoms with Crippen LogP contribution in [-0.2, 0) is 19.0 Å². The van der Waals surface area contributed by atoms with Crippen LogP contribution < -0.4 is 4.74 Å². The number of ether oxygens (including phenoxy) is 2. The third kappa shape index (κ3) is 4.22. The van der Waals surface area contributed by atoms with E-state index in [4.69, 9.17) is 8.92 Å². The minimum Gasteiger partial charge on any atom is -0.496 e. The van der Waals surface area contributed by atoms with Crippen LogP contribution in [0.3, 0.4) is 0 Å². The lowest BCUT2D eigenvalue weighted by Gasteiger charge is -2.14. The van der Waals surface area contributed by atoms with Crippen molar-refractivity contribution < 1.29 is 26.9 Å². The summed E-state index contributed by atoms with van der Waals surface area (Å²) in [5.41, 5.74) is 0.843. The summed E-state index contributed by atoms with van der Waals surface area (Å²) >= 11 is 0. The summed E-state index contributed by atoms with van der Waals surface area (Å²) in [6, 6.07) is 4.63. The quantitative estimate of drug-likeness (QED) is 0.603.